The van der Waals surface area contributed by atoms with Crippen molar-refractivity contribution in [2.45, 2.75) is 83.9 Å². The van der Waals surface area contributed by atoms with E-state index in [9.17, 15) is 14.7 Å². The van der Waals surface area contributed by atoms with Crippen molar-refractivity contribution in [3.8, 4) is 0 Å². The highest BCUT2D eigenvalue weighted by atomic mass is 28.4. The number of rotatable bonds is 3. The van der Waals surface area contributed by atoms with Crippen LogP contribution in [0.5, 0.6) is 0 Å². The van der Waals surface area contributed by atoms with Crippen LogP contribution < -0.4 is 0 Å². The number of carboxylic acid groups (broad SMARTS) is 1. The Morgan fingerprint density at radius 2 is 1.69 bits per heavy atom. The molecular formula is C18H35NO6Si. The molecule has 0 aromatic carbocycles. The summed E-state index contributed by atoms with van der Waals surface area (Å²) in [5, 5.41) is 9.36. The molecule has 2 atom stereocenters. The van der Waals surface area contributed by atoms with Crippen LogP contribution >= 0.6 is 0 Å². The van der Waals surface area contributed by atoms with Crippen molar-refractivity contribution in [2.75, 3.05) is 19.7 Å². The molecule has 26 heavy (non-hydrogen) atoms. The summed E-state index contributed by atoms with van der Waals surface area (Å²) in [5.41, 5.74) is -0.658. The van der Waals surface area contributed by atoms with Crippen LogP contribution in [0.4, 0.5) is 4.79 Å². The van der Waals surface area contributed by atoms with Gasteiger partial charge in [0, 0.05) is 6.54 Å². The van der Waals surface area contributed by atoms with Crippen molar-refractivity contribution < 1.29 is 28.6 Å². The molecule has 1 aliphatic heterocycles. The first kappa shape index (κ1) is 22.9. The summed E-state index contributed by atoms with van der Waals surface area (Å²) >= 11 is 0. The van der Waals surface area contributed by atoms with Crippen molar-refractivity contribution in [1.29, 1.82) is 0 Å². The number of ether oxygens (including phenoxy) is 2. The second-order valence-corrected chi connectivity index (χ2v) is 14.1. The molecule has 0 aliphatic carbocycles. The summed E-state index contributed by atoms with van der Waals surface area (Å²) < 4.78 is 17.4. The Labute approximate surface area is 158 Å². The second kappa shape index (κ2) is 8.27. The fourth-order valence-electron chi connectivity index (χ4n) is 2.32. The maximum Gasteiger partial charge on any atom is 0.410 e. The number of carboxylic acids is 1. The quantitative estimate of drug-likeness (QED) is 0.744. The standard InChI is InChI=1S/C18H35NO6Si/c1-17(2,3)24-16(22)19-11-13(25-26(7,8)18(4,5)6)9-10-23-14(12-19)15(20)21/h13-14H,9-12H2,1-8H3,(H,20,21)/t13-,14-/m0/s1. The normalized spacial score (nSPS) is 23.2. The topological polar surface area (TPSA) is 85.3 Å². The predicted octanol–water partition coefficient (Wildman–Crippen LogP) is 3.49. The molecule has 1 heterocycles. The number of carbonyl (C=O) groups excluding carboxylic acids is 1. The number of carbonyl (C=O) groups is 2. The Morgan fingerprint density at radius 1 is 1.12 bits per heavy atom. The molecule has 8 heteroatoms. The minimum absolute atomic E-state index is 0.0383. The van der Waals surface area contributed by atoms with E-state index in [1.807, 2.05) is 0 Å². The zero-order chi connectivity index (χ0) is 20.3. The fourth-order valence-corrected chi connectivity index (χ4v) is 3.70. The highest BCUT2D eigenvalue weighted by Crippen LogP contribution is 2.37. The predicted molar refractivity (Wildman–Crippen MR) is 102 cm³/mol. The molecule has 1 saturated heterocycles. The maximum absolute atomic E-state index is 12.6. The molecule has 1 fully saturated rings. The van der Waals surface area contributed by atoms with Crippen LogP contribution in [0.15, 0.2) is 0 Å². The molecule has 1 rings (SSSR count). The second-order valence-electron chi connectivity index (χ2n) is 9.37. The minimum Gasteiger partial charge on any atom is -0.479 e. The minimum atomic E-state index is -2.03. The van der Waals surface area contributed by atoms with E-state index in [0.29, 0.717) is 19.6 Å². The largest absolute Gasteiger partial charge is 0.479 e. The lowest BCUT2D eigenvalue weighted by Gasteiger charge is -2.41. The maximum atomic E-state index is 12.6. The monoisotopic (exact) mass is 389 g/mol. The molecule has 1 aliphatic rings. The van der Waals surface area contributed by atoms with Gasteiger partial charge in [-0.3, -0.25) is 0 Å². The van der Waals surface area contributed by atoms with Crippen LogP contribution in [0.1, 0.15) is 48.0 Å². The van der Waals surface area contributed by atoms with Crippen molar-refractivity contribution in [3.63, 3.8) is 0 Å². The molecule has 1 amide bonds. The van der Waals surface area contributed by atoms with E-state index in [2.05, 4.69) is 33.9 Å². The molecular weight excluding hydrogens is 354 g/mol. The van der Waals surface area contributed by atoms with Gasteiger partial charge >= 0.3 is 12.1 Å². The summed E-state index contributed by atoms with van der Waals surface area (Å²) in [7, 11) is -2.03. The smallest absolute Gasteiger partial charge is 0.410 e. The van der Waals surface area contributed by atoms with Gasteiger partial charge in [0.2, 0.25) is 0 Å². The molecule has 1 N–H and O–H groups in total. The number of hydrogen-bond acceptors (Lipinski definition) is 5. The van der Waals surface area contributed by atoms with E-state index in [1.165, 1.54) is 4.90 Å². The van der Waals surface area contributed by atoms with Crippen molar-refractivity contribution >= 4 is 20.4 Å². The van der Waals surface area contributed by atoms with Gasteiger partial charge in [0.15, 0.2) is 14.4 Å². The summed E-state index contributed by atoms with van der Waals surface area (Å²) in [6, 6.07) is 0. The van der Waals surface area contributed by atoms with Crippen molar-refractivity contribution in [2.24, 2.45) is 0 Å². The lowest BCUT2D eigenvalue weighted by molar-refractivity contribution is -0.153. The average Bonchev–Trinajstić information content (AvgIpc) is 2.37. The van der Waals surface area contributed by atoms with Gasteiger partial charge in [-0.05, 0) is 45.3 Å². The Kier molecular flexibility index (Phi) is 7.29. The van der Waals surface area contributed by atoms with Gasteiger partial charge < -0.3 is 23.9 Å². The van der Waals surface area contributed by atoms with E-state index >= 15 is 0 Å². The Morgan fingerprint density at radius 3 is 2.15 bits per heavy atom. The molecule has 7 nitrogen and oxygen atoms in total. The first-order chi connectivity index (χ1) is 11.6. The molecule has 0 bridgehead atoms. The Bertz CT molecular complexity index is 509. The van der Waals surface area contributed by atoms with E-state index in [1.54, 1.807) is 20.8 Å². The third-order valence-electron chi connectivity index (χ3n) is 4.76. The molecule has 0 aromatic rings. The lowest BCUT2D eigenvalue weighted by Crippen LogP contribution is -2.52. The van der Waals surface area contributed by atoms with Gasteiger partial charge in [-0.15, -0.1) is 0 Å². The fraction of sp³-hybridized carbons (Fsp3) is 0.889. The van der Waals surface area contributed by atoms with Crippen LogP contribution in [-0.4, -0.2) is 67.9 Å². The van der Waals surface area contributed by atoms with E-state index in [0.717, 1.165) is 0 Å². The highest BCUT2D eigenvalue weighted by Gasteiger charge is 2.41. The van der Waals surface area contributed by atoms with E-state index in [4.69, 9.17) is 13.9 Å². The molecule has 0 saturated carbocycles. The van der Waals surface area contributed by atoms with Gasteiger partial charge in [-0.2, -0.15) is 0 Å². The first-order valence-electron chi connectivity index (χ1n) is 9.12. The van der Waals surface area contributed by atoms with Crippen LogP contribution in [-0.2, 0) is 18.7 Å². The zero-order valence-corrected chi connectivity index (χ0v) is 18.4. The van der Waals surface area contributed by atoms with Crippen LogP contribution in [0.3, 0.4) is 0 Å². The number of amides is 1. The Hall–Kier alpha value is -1.12. The average molecular weight is 390 g/mol. The number of nitrogens with zero attached hydrogens (tertiary/aromatic N) is 1. The van der Waals surface area contributed by atoms with Crippen LogP contribution in [0.25, 0.3) is 0 Å². The molecule has 0 unspecified atom stereocenters. The van der Waals surface area contributed by atoms with Gasteiger partial charge in [0.1, 0.15) is 5.60 Å². The number of hydrogen-bond donors (Lipinski definition) is 1. The first-order valence-corrected chi connectivity index (χ1v) is 12.0. The molecule has 0 radical (unpaired) electrons. The zero-order valence-electron chi connectivity index (χ0n) is 17.4. The van der Waals surface area contributed by atoms with Gasteiger partial charge in [0.05, 0.1) is 19.3 Å². The number of aliphatic carboxylic acids is 1. The summed E-state index contributed by atoms with van der Waals surface area (Å²) in [6.45, 7) is 16.7. The van der Waals surface area contributed by atoms with E-state index < -0.39 is 32.1 Å². The third-order valence-corrected chi connectivity index (χ3v) is 9.30. The van der Waals surface area contributed by atoms with Crippen molar-refractivity contribution in [1.82, 2.24) is 4.90 Å². The highest BCUT2D eigenvalue weighted by molar-refractivity contribution is 6.74. The van der Waals surface area contributed by atoms with Gasteiger partial charge in [-0.25, -0.2) is 9.59 Å². The lowest BCUT2D eigenvalue weighted by atomic mass is 10.2. The third kappa shape index (κ3) is 6.89. The van der Waals surface area contributed by atoms with Crippen LogP contribution in [0, 0.1) is 0 Å². The SMILES string of the molecule is CC(C)(C)OC(=O)N1C[C@@H](O[Si](C)(C)C(C)(C)C)CCO[C@H](C(=O)O)C1. The van der Waals surface area contributed by atoms with Crippen molar-refractivity contribution in [3.05, 3.63) is 0 Å². The van der Waals surface area contributed by atoms with Gasteiger partial charge in [0.25, 0.3) is 0 Å². The Balaban J connectivity index is 2.97. The summed E-state index contributed by atoms with van der Waals surface area (Å²) in [4.78, 5) is 25.4. The molecule has 0 spiro atoms. The molecule has 0 aromatic heterocycles. The summed E-state index contributed by atoms with van der Waals surface area (Å²) in [6.07, 6.45) is -1.28. The molecule has 152 valence electrons. The summed E-state index contributed by atoms with van der Waals surface area (Å²) in [5.74, 6) is -1.08. The van der Waals surface area contributed by atoms with E-state index in [-0.39, 0.29) is 17.7 Å². The van der Waals surface area contributed by atoms with Crippen LogP contribution in [0.2, 0.25) is 18.1 Å². The van der Waals surface area contributed by atoms with Gasteiger partial charge in [-0.1, -0.05) is 20.8 Å².